The van der Waals surface area contributed by atoms with Gasteiger partial charge in [-0.1, -0.05) is 18.9 Å². The molecule has 0 aliphatic heterocycles. The minimum Gasteiger partial charge on any atom is -0.400 e. The number of aliphatic hydroxyl groups is 1. The average molecular weight is 346 g/mol. The summed E-state index contributed by atoms with van der Waals surface area (Å²) in [5, 5.41) is 9.76. The summed E-state index contributed by atoms with van der Waals surface area (Å²) in [4.78, 5) is 10.8. The van der Waals surface area contributed by atoms with Crippen molar-refractivity contribution in [2.75, 3.05) is 7.11 Å². The van der Waals surface area contributed by atoms with Crippen molar-refractivity contribution in [3.63, 3.8) is 0 Å². The van der Waals surface area contributed by atoms with Crippen LogP contribution in [0.15, 0.2) is 48.3 Å². The third-order valence-corrected chi connectivity index (χ3v) is 2.85. The van der Waals surface area contributed by atoms with E-state index >= 15 is 0 Å². The summed E-state index contributed by atoms with van der Waals surface area (Å²) in [5.74, 6) is 5.00. The van der Waals surface area contributed by atoms with Crippen LogP contribution in [0.3, 0.4) is 0 Å². The van der Waals surface area contributed by atoms with Gasteiger partial charge in [0.05, 0.1) is 17.2 Å². The minimum atomic E-state index is -0.654. The van der Waals surface area contributed by atoms with Crippen LogP contribution in [0.1, 0.15) is 29.1 Å². The molecule has 5 N–H and O–H groups in total. The number of allylic oxidation sites excluding steroid dienone is 4. The van der Waals surface area contributed by atoms with Crippen molar-refractivity contribution in [2.45, 2.75) is 13.1 Å². The third kappa shape index (κ3) is 7.24. The molecule has 0 spiro atoms. The van der Waals surface area contributed by atoms with Crippen molar-refractivity contribution in [3.8, 4) is 0 Å². The van der Waals surface area contributed by atoms with E-state index in [0.29, 0.717) is 23.9 Å². The highest BCUT2D eigenvalue weighted by atomic mass is 32.1. The fourth-order valence-corrected chi connectivity index (χ4v) is 1.76. The van der Waals surface area contributed by atoms with Gasteiger partial charge in [-0.2, -0.15) is 0 Å². The Morgan fingerprint density at radius 1 is 1.52 bits per heavy atom. The van der Waals surface area contributed by atoms with E-state index in [0.717, 1.165) is 7.11 Å². The van der Waals surface area contributed by atoms with Crippen molar-refractivity contribution in [2.24, 2.45) is 5.84 Å². The number of aliphatic hydroxyl groups excluding tert-OH is 1. The minimum absolute atomic E-state index is 0.0787. The largest absolute Gasteiger partial charge is 0.400 e. The quantitative estimate of drug-likeness (QED) is 0.130. The number of halogens is 2. The summed E-state index contributed by atoms with van der Waals surface area (Å²) in [6.07, 6.45) is 5.72. The van der Waals surface area contributed by atoms with E-state index in [9.17, 15) is 13.6 Å². The zero-order chi connectivity index (χ0) is 17.8. The highest BCUT2D eigenvalue weighted by molar-refractivity contribution is 7.78. The van der Waals surface area contributed by atoms with Gasteiger partial charge in [-0.25, -0.2) is 14.2 Å². The standard InChI is InChI=1S/C13H16F2N4OS.CH4O/c1-9(15)3-2-4-11(6-14)17-13(18-16)10-5-12(8-20)19(21)7-10;1-2/h2-8,13,17-18,21H,16H2,1H3;2H,1H3/b4-2-,9-3+,11-6-;. The van der Waals surface area contributed by atoms with Crippen molar-refractivity contribution in [1.29, 1.82) is 0 Å². The highest BCUT2D eigenvalue weighted by Gasteiger charge is 2.13. The van der Waals surface area contributed by atoms with Crippen LogP contribution in [0.2, 0.25) is 0 Å². The molecule has 1 aromatic rings. The Morgan fingerprint density at radius 3 is 2.61 bits per heavy atom. The van der Waals surface area contributed by atoms with Gasteiger partial charge in [0.15, 0.2) is 6.29 Å². The van der Waals surface area contributed by atoms with Crippen LogP contribution in [0.25, 0.3) is 0 Å². The van der Waals surface area contributed by atoms with Crippen LogP contribution < -0.4 is 16.6 Å². The number of nitrogens with zero attached hydrogens (tertiary/aromatic N) is 1. The van der Waals surface area contributed by atoms with E-state index in [4.69, 9.17) is 10.9 Å². The number of carbonyl (C=O) groups is 1. The van der Waals surface area contributed by atoms with Gasteiger partial charge < -0.3 is 10.4 Å². The Labute approximate surface area is 138 Å². The molecular weight excluding hydrogens is 326 g/mol. The monoisotopic (exact) mass is 346 g/mol. The van der Waals surface area contributed by atoms with E-state index < -0.39 is 12.0 Å². The first-order valence-electron chi connectivity index (χ1n) is 6.36. The van der Waals surface area contributed by atoms with Gasteiger partial charge in [0.25, 0.3) is 0 Å². The first-order chi connectivity index (χ1) is 11.0. The smallest absolute Gasteiger partial charge is 0.167 e. The average Bonchev–Trinajstić information content (AvgIpc) is 2.93. The molecule has 0 aromatic carbocycles. The normalized spacial score (nSPS) is 13.5. The number of hydrogen-bond donors (Lipinski definition) is 5. The van der Waals surface area contributed by atoms with Crippen LogP contribution in [0, 0.1) is 0 Å². The number of aldehydes is 1. The number of rotatable bonds is 7. The molecule has 23 heavy (non-hydrogen) atoms. The van der Waals surface area contributed by atoms with Gasteiger partial charge in [0, 0.05) is 18.9 Å². The molecule has 0 fully saturated rings. The van der Waals surface area contributed by atoms with Crippen LogP contribution in [-0.4, -0.2) is 22.5 Å². The van der Waals surface area contributed by atoms with Crippen molar-refractivity contribution < 1.29 is 18.7 Å². The molecule has 0 amide bonds. The predicted molar refractivity (Wildman–Crippen MR) is 88.7 cm³/mol. The number of aromatic nitrogens is 1. The molecule has 0 saturated carbocycles. The van der Waals surface area contributed by atoms with Crippen LogP contribution in [0.5, 0.6) is 0 Å². The molecule has 1 aromatic heterocycles. The van der Waals surface area contributed by atoms with Gasteiger partial charge in [-0.15, -0.1) is 0 Å². The number of nitrogens with two attached hydrogens (primary N) is 1. The van der Waals surface area contributed by atoms with Crippen molar-refractivity contribution in [3.05, 3.63) is 59.6 Å². The number of hydrogen-bond acceptors (Lipinski definition) is 6. The van der Waals surface area contributed by atoms with Gasteiger partial charge in [-0.05, 0) is 25.1 Å². The van der Waals surface area contributed by atoms with E-state index in [1.54, 1.807) is 12.3 Å². The summed E-state index contributed by atoms with van der Waals surface area (Å²) >= 11 is 4.06. The molecule has 1 unspecified atom stereocenters. The molecule has 0 aliphatic rings. The van der Waals surface area contributed by atoms with E-state index in [2.05, 4.69) is 23.6 Å². The molecule has 1 rings (SSSR count). The Morgan fingerprint density at radius 2 is 2.17 bits per heavy atom. The second-order valence-electron chi connectivity index (χ2n) is 4.08. The van der Waals surface area contributed by atoms with E-state index in [-0.39, 0.29) is 5.70 Å². The van der Waals surface area contributed by atoms with Gasteiger partial charge in [0.2, 0.25) is 0 Å². The molecule has 1 atom stereocenters. The first-order valence-corrected chi connectivity index (χ1v) is 6.76. The second-order valence-corrected chi connectivity index (χ2v) is 4.51. The lowest BCUT2D eigenvalue weighted by Crippen LogP contribution is -2.37. The molecule has 0 saturated heterocycles. The molecule has 0 aliphatic carbocycles. The highest BCUT2D eigenvalue weighted by Crippen LogP contribution is 2.16. The fourth-order valence-electron chi connectivity index (χ4n) is 1.52. The van der Waals surface area contributed by atoms with Crippen LogP contribution >= 0.6 is 12.8 Å². The first kappa shape index (κ1) is 21.1. The Kier molecular flexibility index (Phi) is 10.6. The fraction of sp³-hybridized carbons (Fsp3) is 0.214. The maximum atomic E-state index is 12.8. The van der Waals surface area contributed by atoms with Gasteiger partial charge in [0.1, 0.15) is 12.5 Å². The maximum absolute atomic E-state index is 12.8. The maximum Gasteiger partial charge on any atom is 0.167 e. The molecular formula is C14H20F2N4O2S. The molecule has 6 nitrogen and oxygen atoms in total. The zero-order valence-electron chi connectivity index (χ0n) is 12.7. The summed E-state index contributed by atoms with van der Waals surface area (Å²) in [5.41, 5.74) is 3.43. The Hall–Kier alpha value is -1.94. The predicted octanol–water partition coefficient (Wildman–Crippen LogP) is 1.89. The number of hydrazine groups is 1. The molecule has 0 bridgehead atoms. The van der Waals surface area contributed by atoms with Crippen LogP contribution in [-0.2, 0) is 0 Å². The summed E-state index contributed by atoms with van der Waals surface area (Å²) in [7, 11) is 1.00. The number of thiol groups is 1. The molecule has 1 heterocycles. The summed E-state index contributed by atoms with van der Waals surface area (Å²) in [6, 6.07) is 1.54. The SMILES string of the molecule is CO.C\C(F)=C/C=C\C(=C\F)NC(NN)c1cc(C=O)n(S)c1. The Bertz CT molecular complexity index is 581. The number of nitrogens with one attached hydrogen (secondary N) is 2. The van der Waals surface area contributed by atoms with Gasteiger partial charge in [-0.3, -0.25) is 14.6 Å². The zero-order valence-corrected chi connectivity index (χ0v) is 13.6. The van der Waals surface area contributed by atoms with Crippen LogP contribution in [0.4, 0.5) is 8.78 Å². The summed E-state index contributed by atoms with van der Waals surface area (Å²) in [6.45, 7) is 1.28. The topological polar surface area (TPSA) is 92.3 Å². The lowest BCUT2D eigenvalue weighted by atomic mass is 10.2. The Balaban J connectivity index is 0.00000232. The van der Waals surface area contributed by atoms with E-state index in [1.807, 2.05) is 0 Å². The van der Waals surface area contributed by atoms with Crippen molar-refractivity contribution >= 4 is 19.1 Å². The lowest BCUT2D eigenvalue weighted by molar-refractivity contribution is 0.111. The molecule has 128 valence electrons. The molecule has 9 heteroatoms. The van der Waals surface area contributed by atoms with Crippen molar-refractivity contribution in [1.82, 2.24) is 14.7 Å². The number of carbonyl (C=O) groups excluding carboxylic acids is 1. The third-order valence-electron chi connectivity index (χ3n) is 2.50. The lowest BCUT2D eigenvalue weighted by Gasteiger charge is -2.17. The summed E-state index contributed by atoms with van der Waals surface area (Å²) < 4.78 is 26.7. The van der Waals surface area contributed by atoms with Gasteiger partial charge >= 0.3 is 0 Å². The second kappa shape index (κ2) is 11.6. The molecule has 0 radical (unpaired) electrons. The van der Waals surface area contributed by atoms with E-state index in [1.165, 1.54) is 29.1 Å².